The number of anilines is 2. The largest absolute Gasteiger partial charge is 0.497 e. The average Bonchev–Trinajstić information content (AvgIpc) is 2.96. The summed E-state index contributed by atoms with van der Waals surface area (Å²) in [6, 6.07) is 28.9. The smallest absolute Gasteiger partial charge is 0.264 e. The first-order valence-corrected chi connectivity index (χ1v) is 13.3. The summed E-state index contributed by atoms with van der Waals surface area (Å²) in [4.78, 5) is 13.5. The third-order valence-electron chi connectivity index (χ3n) is 5.71. The minimum absolute atomic E-state index is 0.0365. The molecule has 0 atom stereocenters. The van der Waals surface area contributed by atoms with Crippen molar-refractivity contribution in [1.82, 2.24) is 0 Å². The average molecular weight is 529 g/mol. The summed E-state index contributed by atoms with van der Waals surface area (Å²) in [6.07, 6.45) is 1.65. The molecule has 0 spiro atoms. The van der Waals surface area contributed by atoms with Crippen molar-refractivity contribution in [3.63, 3.8) is 0 Å². The van der Waals surface area contributed by atoms with Crippen LogP contribution in [-0.2, 0) is 16.6 Å². The van der Waals surface area contributed by atoms with Gasteiger partial charge in [-0.05, 0) is 66.2 Å². The van der Waals surface area contributed by atoms with Crippen molar-refractivity contribution in [3.05, 3.63) is 127 Å². The van der Waals surface area contributed by atoms with Gasteiger partial charge in [-0.1, -0.05) is 55.1 Å². The summed E-state index contributed by atoms with van der Waals surface area (Å²) >= 11 is 0. The Bertz CT molecular complexity index is 1490. The molecule has 0 aliphatic heterocycles. The van der Waals surface area contributed by atoms with Crippen molar-refractivity contribution < 1.29 is 22.7 Å². The van der Waals surface area contributed by atoms with Gasteiger partial charge in [-0.25, -0.2) is 8.42 Å². The molecule has 4 aromatic rings. The Morgan fingerprint density at radius 3 is 2.16 bits per heavy atom. The molecule has 0 aliphatic carbocycles. The molecular weight excluding hydrogens is 500 g/mol. The van der Waals surface area contributed by atoms with Crippen molar-refractivity contribution in [2.45, 2.75) is 11.4 Å². The van der Waals surface area contributed by atoms with E-state index in [1.54, 1.807) is 66.7 Å². The molecule has 0 aromatic heterocycles. The van der Waals surface area contributed by atoms with Crippen LogP contribution in [0.15, 0.2) is 121 Å². The molecule has 1 amide bonds. The maximum Gasteiger partial charge on any atom is 0.264 e. The molecule has 7 nitrogen and oxygen atoms in total. The second-order valence-corrected chi connectivity index (χ2v) is 10.1. The lowest BCUT2D eigenvalue weighted by atomic mass is 10.1. The topological polar surface area (TPSA) is 84.9 Å². The SMILES string of the molecule is C=CCOc1ccc(NC(=O)c2ccccc2N(Cc2ccccc2)S(=O)(=O)c2ccc(OC)cc2)cc1. The van der Waals surface area contributed by atoms with Crippen LogP contribution in [0.2, 0.25) is 0 Å². The first-order chi connectivity index (χ1) is 18.4. The second-order valence-electron chi connectivity index (χ2n) is 8.27. The van der Waals surface area contributed by atoms with Gasteiger partial charge in [0.1, 0.15) is 18.1 Å². The number of nitrogens with zero attached hydrogens (tertiary/aromatic N) is 1. The lowest BCUT2D eigenvalue weighted by molar-refractivity contribution is 0.102. The van der Waals surface area contributed by atoms with Crippen molar-refractivity contribution in [2.24, 2.45) is 0 Å². The zero-order chi connectivity index (χ0) is 27.0. The van der Waals surface area contributed by atoms with E-state index < -0.39 is 15.9 Å². The quantitative estimate of drug-likeness (QED) is 0.245. The van der Waals surface area contributed by atoms with Crippen LogP contribution in [0.3, 0.4) is 0 Å². The molecule has 0 saturated heterocycles. The fraction of sp³-hybridized carbons (Fsp3) is 0.100. The number of hydrogen-bond donors (Lipinski definition) is 1. The van der Waals surface area contributed by atoms with Gasteiger partial charge < -0.3 is 14.8 Å². The van der Waals surface area contributed by atoms with Crippen molar-refractivity contribution in [1.29, 1.82) is 0 Å². The highest BCUT2D eigenvalue weighted by Crippen LogP contribution is 2.30. The van der Waals surface area contributed by atoms with E-state index >= 15 is 0 Å². The van der Waals surface area contributed by atoms with Gasteiger partial charge in [0.2, 0.25) is 0 Å². The Hall–Kier alpha value is -4.56. The zero-order valence-corrected chi connectivity index (χ0v) is 21.7. The van der Waals surface area contributed by atoms with E-state index in [0.717, 1.165) is 5.56 Å². The third kappa shape index (κ3) is 6.22. The van der Waals surface area contributed by atoms with Gasteiger partial charge in [0.25, 0.3) is 15.9 Å². The van der Waals surface area contributed by atoms with Gasteiger partial charge >= 0.3 is 0 Å². The van der Waals surface area contributed by atoms with E-state index in [4.69, 9.17) is 9.47 Å². The Morgan fingerprint density at radius 2 is 1.50 bits per heavy atom. The van der Waals surface area contributed by atoms with Crippen LogP contribution in [0.25, 0.3) is 0 Å². The van der Waals surface area contributed by atoms with Crippen LogP contribution in [0.1, 0.15) is 15.9 Å². The number of methoxy groups -OCH3 is 1. The molecule has 38 heavy (non-hydrogen) atoms. The first-order valence-electron chi connectivity index (χ1n) is 11.9. The highest BCUT2D eigenvalue weighted by Gasteiger charge is 2.28. The molecule has 8 heteroatoms. The fourth-order valence-corrected chi connectivity index (χ4v) is 5.27. The summed E-state index contributed by atoms with van der Waals surface area (Å²) in [6.45, 7) is 4.04. The predicted molar refractivity (Wildman–Crippen MR) is 149 cm³/mol. The number of hydrogen-bond acceptors (Lipinski definition) is 5. The Labute approximate surface area is 223 Å². The molecule has 0 fully saturated rings. The summed E-state index contributed by atoms with van der Waals surface area (Å²) in [7, 11) is -2.53. The molecule has 0 bridgehead atoms. The number of nitrogens with one attached hydrogen (secondary N) is 1. The standard InChI is InChI=1S/C30H28N2O5S/c1-3-21-37-26-15-13-24(14-16-26)31-30(33)28-11-7-8-12-29(28)32(22-23-9-5-4-6-10-23)38(34,35)27-19-17-25(36-2)18-20-27/h3-20H,1,21-22H2,2H3,(H,31,33). The van der Waals surface area contributed by atoms with Crippen molar-refractivity contribution >= 4 is 27.3 Å². The highest BCUT2D eigenvalue weighted by molar-refractivity contribution is 7.92. The number of para-hydroxylation sites is 1. The molecule has 0 heterocycles. The Morgan fingerprint density at radius 1 is 0.868 bits per heavy atom. The number of sulfonamides is 1. The normalized spacial score (nSPS) is 10.9. The minimum Gasteiger partial charge on any atom is -0.497 e. The molecule has 194 valence electrons. The van der Waals surface area contributed by atoms with Crippen LogP contribution in [-0.4, -0.2) is 28.0 Å². The first kappa shape index (κ1) is 26.5. The number of benzene rings is 4. The van der Waals surface area contributed by atoms with Crippen molar-refractivity contribution in [2.75, 3.05) is 23.3 Å². The Kier molecular flexibility index (Phi) is 8.45. The van der Waals surface area contributed by atoms with Gasteiger partial charge in [0.05, 0.1) is 29.8 Å². The van der Waals surface area contributed by atoms with E-state index in [9.17, 15) is 13.2 Å². The van der Waals surface area contributed by atoms with Crippen LogP contribution < -0.4 is 19.1 Å². The van der Waals surface area contributed by atoms with Gasteiger partial charge in [-0.15, -0.1) is 0 Å². The van der Waals surface area contributed by atoms with Gasteiger partial charge in [0, 0.05) is 5.69 Å². The lowest BCUT2D eigenvalue weighted by Gasteiger charge is -2.26. The molecule has 0 radical (unpaired) electrons. The molecular formula is C30H28N2O5S. The molecule has 0 unspecified atom stereocenters. The monoisotopic (exact) mass is 528 g/mol. The third-order valence-corrected chi connectivity index (χ3v) is 7.49. The molecule has 1 N–H and O–H groups in total. The van der Waals surface area contributed by atoms with E-state index in [-0.39, 0.29) is 22.7 Å². The number of ether oxygens (including phenoxy) is 2. The van der Waals surface area contributed by atoms with Gasteiger partial charge in [-0.2, -0.15) is 0 Å². The van der Waals surface area contributed by atoms with E-state index in [2.05, 4.69) is 11.9 Å². The summed E-state index contributed by atoms with van der Waals surface area (Å²) in [5.74, 6) is 0.741. The summed E-state index contributed by atoms with van der Waals surface area (Å²) < 4.78 is 39.8. The molecule has 0 aliphatic rings. The Balaban J connectivity index is 1.70. The fourth-order valence-electron chi connectivity index (χ4n) is 3.80. The maximum absolute atomic E-state index is 13.9. The summed E-state index contributed by atoms with van der Waals surface area (Å²) in [5, 5.41) is 2.85. The van der Waals surface area contributed by atoms with Crippen LogP contribution >= 0.6 is 0 Å². The lowest BCUT2D eigenvalue weighted by Crippen LogP contribution is -2.32. The van der Waals surface area contributed by atoms with Crippen molar-refractivity contribution in [3.8, 4) is 11.5 Å². The van der Waals surface area contributed by atoms with E-state index in [1.165, 1.54) is 23.5 Å². The van der Waals surface area contributed by atoms with E-state index in [1.807, 2.05) is 30.3 Å². The van der Waals surface area contributed by atoms with Crippen LogP contribution in [0, 0.1) is 0 Å². The number of rotatable bonds is 11. The molecule has 4 aromatic carbocycles. The number of amides is 1. The molecule has 0 saturated carbocycles. The van der Waals surface area contributed by atoms with Gasteiger partial charge in [0.15, 0.2) is 0 Å². The second kappa shape index (κ2) is 12.1. The number of carbonyl (C=O) groups is 1. The zero-order valence-electron chi connectivity index (χ0n) is 20.9. The summed E-state index contributed by atoms with van der Waals surface area (Å²) in [5.41, 5.74) is 1.79. The van der Waals surface area contributed by atoms with Gasteiger partial charge in [-0.3, -0.25) is 9.10 Å². The van der Waals surface area contributed by atoms with E-state index in [0.29, 0.717) is 23.8 Å². The predicted octanol–water partition coefficient (Wildman–Crippen LogP) is 5.91. The number of carbonyl (C=O) groups excluding carboxylic acids is 1. The van der Waals surface area contributed by atoms with Crippen LogP contribution in [0.5, 0.6) is 11.5 Å². The maximum atomic E-state index is 13.9. The molecule has 4 rings (SSSR count). The highest BCUT2D eigenvalue weighted by atomic mass is 32.2. The minimum atomic E-state index is -4.05. The van der Waals surface area contributed by atoms with Crippen LogP contribution in [0.4, 0.5) is 11.4 Å².